The molecule has 1 aliphatic rings. The molecule has 3 heterocycles. The summed E-state index contributed by atoms with van der Waals surface area (Å²) >= 11 is 0. The Labute approximate surface area is 187 Å². The molecule has 0 radical (unpaired) electrons. The summed E-state index contributed by atoms with van der Waals surface area (Å²) in [5.74, 6) is 1.73. The quantitative estimate of drug-likeness (QED) is 0.627. The van der Waals surface area contributed by atoms with Gasteiger partial charge in [-0.05, 0) is 37.1 Å². The molecule has 3 aromatic rings. The van der Waals surface area contributed by atoms with Crippen molar-refractivity contribution in [1.82, 2.24) is 19.7 Å². The summed E-state index contributed by atoms with van der Waals surface area (Å²) in [6.45, 7) is 4.08. The van der Waals surface area contributed by atoms with Crippen LogP contribution >= 0.6 is 0 Å². The highest BCUT2D eigenvalue weighted by Gasteiger charge is 2.19. The lowest BCUT2D eigenvalue weighted by Gasteiger charge is -2.23. The lowest BCUT2D eigenvalue weighted by atomic mass is 10.1. The molecular weight excluding hydrogens is 408 g/mol. The van der Waals surface area contributed by atoms with E-state index in [1.165, 1.54) is 0 Å². The maximum absolute atomic E-state index is 13.1. The molecule has 0 atom stereocenters. The summed E-state index contributed by atoms with van der Waals surface area (Å²) in [5.41, 5.74) is 2.87. The molecule has 0 unspecified atom stereocenters. The number of carbonyl (C=O) groups excluding carboxylic acids is 1. The normalized spacial score (nSPS) is 14.6. The number of fused-ring (bicyclic) bond motifs is 2. The predicted molar refractivity (Wildman–Crippen MR) is 119 cm³/mol. The van der Waals surface area contributed by atoms with E-state index in [0.717, 1.165) is 16.8 Å². The Morgan fingerprint density at radius 1 is 1.09 bits per heavy atom. The highest BCUT2D eigenvalue weighted by atomic mass is 16.5. The van der Waals surface area contributed by atoms with E-state index in [1.54, 1.807) is 15.8 Å². The highest BCUT2D eigenvalue weighted by Crippen LogP contribution is 2.32. The van der Waals surface area contributed by atoms with E-state index < -0.39 is 0 Å². The van der Waals surface area contributed by atoms with Gasteiger partial charge in [-0.1, -0.05) is 18.2 Å². The van der Waals surface area contributed by atoms with Crippen molar-refractivity contribution in [1.29, 1.82) is 0 Å². The molecule has 0 saturated carbocycles. The number of aromatic nitrogens is 3. The predicted octanol–water partition coefficient (Wildman–Crippen LogP) is 3.29. The van der Waals surface area contributed by atoms with Gasteiger partial charge in [0.1, 0.15) is 6.61 Å². The number of pyridine rings is 1. The Bertz CT molecular complexity index is 1070. The van der Waals surface area contributed by atoms with Crippen LogP contribution in [0.25, 0.3) is 0 Å². The zero-order valence-electron chi connectivity index (χ0n) is 18.5. The van der Waals surface area contributed by atoms with Crippen LogP contribution in [0.2, 0.25) is 0 Å². The second kappa shape index (κ2) is 10.3. The molecule has 0 aliphatic carbocycles. The molecule has 0 saturated heterocycles. The van der Waals surface area contributed by atoms with Gasteiger partial charge in [-0.3, -0.25) is 9.48 Å². The average molecular weight is 437 g/mol. The van der Waals surface area contributed by atoms with E-state index in [0.29, 0.717) is 63.1 Å². The Balaban J connectivity index is 1.54. The molecular formula is C24H28N4O4. The van der Waals surface area contributed by atoms with Crippen molar-refractivity contribution >= 4 is 5.91 Å². The summed E-state index contributed by atoms with van der Waals surface area (Å²) in [5, 5.41) is 4.36. The summed E-state index contributed by atoms with van der Waals surface area (Å²) in [6.07, 6.45) is 4.69. The van der Waals surface area contributed by atoms with Crippen molar-refractivity contribution in [3.63, 3.8) is 0 Å². The van der Waals surface area contributed by atoms with E-state index >= 15 is 0 Å². The average Bonchev–Trinajstić information content (AvgIpc) is 3.12. The Morgan fingerprint density at radius 2 is 1.94 bits per heavy atom. The zero-order valence-corrected chi connectivity index (χ0v) is 18.5. The fourth-order valence-corrected chi connectivity index (χ4v) is 3.67. The smallest absolute Gasteiger partial charge is 0.224 e. The number of hydrogen-bond acceptors (Lipinski definition) is 6. The van der Waals surface area contributed by atoms with Crippen LogP contribution < -0.4 is 9.47 Å². The SMILES string of the molecule is Cc1nn(C)cc1CCC(=O)N1CCOCCOc2ccccc2Oc2ncccc2C1. The second-order valence-electron chi connectivity index (χ2n) is 7.71. The lowest BCUT2D eigenvalue weighted by molar-refractivity contribution is -0.132. The summed E-state index contributed by atoms with van der Waals surface area (Å²) in [4.78, 5) is 19.4. The Kier molecular flexibility index (Phi) is 7.01. The van der Waals surface area contributed by atoms with Gasteiger partial charge in [0.15, 0.2) is 11.5 Å². The van der Waals surface area contributed by atoms with Gasteiger partial charge >= 0.3 is 0 Å². The number of carbonyl (C=O) groups is 1. The Hall–Kier alpha value is -3.39. The first-order chi connectivity index (χ1) is 15.6. The summed E-state index contributed by atoms with van der Waals surface area (Å²) in [6, 6.07) is 11.3. The number of ether oxygens (including phenoxy) is 3. The number of nitrogens with zero attached hydrogens (tertiary/aromatic N) is 4. The van der Waals surface area contributed by atoms with E-state index in [4.69, 9.17) is 14.2 Å². The third kappa shape index (κ3) is 5.45. The monoisotopic (exact) mass is 436 g/mol. The molecule has 1 aliphatic heterocycles. The van der Waals surface area contributed by atoms with Gasteiger partial charge in [0.05, 0.1) is 25.5 Å². The van der Waals surface area contributed by atoms with Gasteiger partial charge in [0.25, 0.3) is 0 Å². The second-order valence-corrected chi connectivity index (χ2v) is 7.71. The summed E-state index contributed by atoms with van der Waals surface area (Å²) in [7, 11) is 1.89. The molecule has 4 rings (SSSR count). The fraction of sp³-hybridized carbons (Fsp3) is 0.375. The van der Waals surface area contributed by atoms with Gasteiger partial charge < -0.3 is 19.1 Å². The first-order valence-electron chi connectivity index (χ1n) is 10.8. The van der Waals surface area contributed by atoms with Crippen LogP contribution in [0.3, 0.4) is 0 Å². The van der Waals surface area contributed by atoms with E-state index in [1.807, 2.05) is 56.6 Å². The molecule has 8 heteroatoms. The number of hydrogen-bond donors (Lipinski definition) is 0. The van der Waals surface area contributed by atoms with Crippen LogP contribution in [0.5, 0.6) is 17.4 Å². The van der Waals surface area contributed by atoms with Crippen molar-refractivity contribution in [3.8, 4) is 17.4 Å². The molecule has 168 valence electrons. The number of para-hydroxylation sites is 2. The first-order valence-corrected chi connectivity index (χ1v) is 10.8. The molecule has 0 bridgehead atoms. The van der Waals surface area contributed by atoms with Gasteiger partial charge in [-0.2, -0.15) is 5.10 Å². The lowest BCUT2D eigenvalue weighted by Crippen LogP contribution is -2.34. The zero-order chi connectivity index (χ0) is 22.3. The molecule has 8 nitrogen and oxygen atoms in total. The molecule has 0 fully saturated rings. The third-order valence-corrected chi connectivity index (χ3v) is 5.33. The first kappa shape index (κ1) is 21.8. The van der Waals surface area contributed by atoms with Gasteiger partial charge in [-0.25, -0.2) is 4.98 Å². The number of rotatable bonds is 3. The van der Waals surface area contributed by atoms with E-state index in [2.05, 4.69) is 10.1 Å². The maximum atomic E-state index is 13.1. The van der Waals surface area contributed by atoms with Gasteiger partial charge in [-0.15, -0.1) is 0 Å². The van der Waals surface area contributed by atoms with Crippen LogP contribution in [-0.4, -0.2) is 51.9 Å². The van der Waals surface area contributed by atoms with Crippen LogP contribution in [0.1, 0.15) is 23.2 Å². The standard InChI is InChI=1S/C24H28N4O4/c1-18-19(16-27(2)26-18)9-10-23(29)28-12-13-30-14-15-31-21-7-3-4-8-22(21)32-24-20(17-28)6-5-11-25-24/h3-8,11,16H,9-10,12-15,17H2,1-2H3. The number of aryl methyl sites for hydroxylation is 3. The van der Waals surface area contributed by atoms with E-state index in [9.17, 15) is 4.79 Å². The summed E-state index contributed by atoms with van der Waals surface area (Å²) < 4.78 is 19.4. The van der Waals surface area contributed by atoms with Crippen LogP contribution in [0.15, 0.2) is 48.8 Å². The molecule has 32 heavy (non-hydrogen) atoms. The van der Waals surface area contributed by atoms with Crippen molar-refractivity contribution < 1.29 is 19.0 Å². The third-order valence-electron chi connectivity index (χ3n) is 5.33. The maximum Gasteiger partial charge on any atom is 0.224 e. The molecule has 2 aromatic heterocycles. The number of benzene rings is 1. The minimum atomic E-state index is 0.0539. The van der Waals surface area contributed by atoms with E-state index in [-0.39, 0.29) is 5.91 Å². The minimum Gasteiger partial charge on any atom is -0.487 e. The fourth-order valence-electron chi connectivity index (χ4n) is 3.67. The van der Waals surface area contributed by atoms with Crippen LogP contribution in [0.4, 0.5) is 0 Å². The number of amides is 1. The molecule has 1 amide bonds. The van der Waals surface area contributed by atoms with Gasteiger partial charge in [0.2, 0.25) is 11.8 Å². The molecule has 0 spiro atoms. The Morgan fingerprint density at radius 3 is 2.75 bits per heavy atom. The van der Waals surface area contributed by atoms with Gasteiger partial charge in [0, 0.05) is 38.0 Å². The van der Waals surface area contributed by atoms with Crippen LogP contribution in [0, 0.1) is 6.92 Å². The molecule has 0 N–H and O–H groups in total. The van der Waals surface area contributed by atoms with Crippen molar-refractivity contribution in [2.24, 2.45) is 7.05 Å². The largest absolute Gasteiger partial charge is 0.487 e. The van der Waals surface area contributed by atoms with Crippen LogP contribution in [-0.2, 0) is 29.5 Å². The highest BCUT2D eigenvalue weighted by molar-refractivity contribution is 5.76. The van der Waals surface area contributed by atoms with Crippen molar-refractivity contribution in [2.75, 3.05) is 26.4 Å². The van der Waals surface area contributed by atoms with Crippen molar-refractivity contribution in [3.05, 3.63) is 65.6 Å². The van der Waals surface area contributed by atoms with Crippen molar-refractivity contribution in [2.45, 2.75) is 26.3 Å². The topological polar surface area (TPSA) is 78.7 Å². The molecule has 1 aromatic carbocycles. The minimum absolute atomic E-state index is 0.0539.